The van der Waals surface area contributed by atoms with Gasteiger partial charge in [-0.15, -0.1) is 21.1 Å². The maximum atomic E-state index is 11.9. The van der Waals surface area contributed by atoms with Gasteiger partial charge in [0.25, 0.3) is 0 Å². The fourth-order valence-corrected chi connectivity index (χ4v) is 4.14. The van der Waals surface area contributed by atoms with Crippen LogP contribution < -0.4 is 15.7 Å². The van der Waals surface area contributed by atoms with Crippen LogP contribution in [0.15, 0.2) is 23.5 Å². The first-order valence-electron chi connectivity index (χ1n) is 7.30. The summed E-state index contributed by atoms with van der Waals surface area (Å²) >= 11 is 1.46. The van der Waals surface area contributed by atoms with Crippen LogP contribution in [-0.4, -0.2) is 49.6 Å². The number of carbonyl (C=O) groups excluding carboxylic acids is 2. The number of hydrogen-bond donors (Lipinski definition) is 3. The minimum absolute atomic E-state index is 0.0141. The van der Waals surface area contributed by atoms with Crippen molar-refractivity contribution in [2.24, 2.45) is 12.8 Å². The Hall–Kier alpha value is -2.33. The number of rotatable bonds is 4. The molecule has 0 aliphatic carbocycles. The number of anilines is 1. The van der Waals surface area contributed by atoms with Crippen LogP contribution in [0.2, 0.25) is 0 Å². The Morgan fingerprint density at radius 1 is 1.54 bits per heavy atom. The Labute approximate surface area is 142 Å². The lowest BCUT2D eigenvalue weighted by molar-refractivity contribution is -0.765. The quantitative estimate of drug-likeness (QED) is 0.465. The van der Waals surface area contributed by atoms with E-state index in [0.29, 0.717) is 23.7 Å². The van der Waals surface area contributed by atoms with Crippen LogP contribution in [0.4, 0.5) is 5.82 Å². The molecule has 0 aromatic carbocycles. The van der Waals surface area contributed by atoms with Crippen LogP contribution >= 0.6 is 11.8 Å². The lowest BCUT2D eigenvalue weighted by Crippen LogP contribution is -2.68. The number of aromatic nitrogens is 2. The molecule has 10 heteroatoms. The van der Waals surface area contributed by atoms with Gasteiger partial charge in [0.05, 0.1) is 13.1 Å². The SMILES string of the molecule is CC(=O)Nc1cc[n+](CC2=C(C(=O)O)N3C(=O)[C@@H](N)[C@H]3SC2)n1C. The van der Waals surface area contributed by atoms with Crippen molar-refractivity contribution < 1.29 is 24.2 Å². The zero-order valence-corrected chi connectivity index (χ0v) is 14.0. The summed E-state index contributed by atoms with van der Waals surface area (Å²) in [6.07, 6.45) is 1.75. The lowest BCUT2D eigenvalue weighted by Gasteiger charge is -2.47. The van der Waals surface area contributed by atoms with Crippen molar-refractivity contribution >= 4 is 35.4 Å². The van der Waals surface area contributed by atoms with Gasteiger partial charge in [0.15, 0.2) is 18.6 Å². The molecule has 0 spiro atoms. The van der Waals surface area contributed by atoms with Crippen LogP contribution in [0.1, 0.15) is 6.92 Å². The number of amides is 2. The molecule has 4 N–H and O–H groups in total. The highest BCUT2D eigenvalue weighted by molar-refractivity contribution is 8.00. The van der Waals surface area contributed by atoms with Gasteiger partial charge in [0.1, 0.15) is 17.1 Å². The Morgan fingerprint density at radius 2 is 2.25 bits per heavy atom. The van der Waals surface area contributed by atoms with Gasteiger partial charge in [-0.1, -0.05) is 0 Å². The monoisotopic (exact) mass is 352 g/mol. The molecule has 2 aliphatic heterocycles. The van der Waals surface area contributed by atoms with E-state index in [-0.39, 0.29) is 22.9 Å². The fourth-order valence-electron chi connectivity index (χ4n) is 2.86. The Kier molecular flexibility index (Phi) is 4.10. The first kappa shape index (κ1) is 16.5. The maximum absolute atomic E-state index is 11.9. The predicted octanol–water partition coefficient (Wildman–Crippen LogP) is -1.15. The van der Waals surface area contributed by atoms with Gasteiger partial charge in [0, 0.05) is 18.2 Å². The number of carboxylic acid groups (broad SMARTS) is 1. The third-order valence-corrected chi connectivity index (χ3v) is 5.45. The molecule has 0 saturated carbocycles. The predicted molar refractivity (Wildman–Crippen MR) is 85.6 cm³/mol. The summed E-state index contributed by atoms with van der Waals surface area (Å²) in [5, 5.41) is 11.9. The summed E-state index contributed by atoms with van der Waals surface area (Å²) < 4.78 is 3.49. The average Bonchev–Trinajstić information content (AvgIpc) is 2.86. The third kappa shape index (κ3) is 2.57. The third-order valence-electron chi connectivity index (χ3n) is 4.09. The van der Waals surface area contributed by atoms with E-state index < -0.39 is 12.0 Å². The topological polar surface area (TPSA) is 122 Å². The van der Waals surface area contributed by atoms with Crippen LogP contribution in [0.3, 0.4) is 0 Å². The van der Waals surface area contributed by atoms with E-state index in [4.69, 9.17) is 5.73 Å². The second kappa shape index (κ2) is 5.95. The van der Waals surface area contributed by atoms with Crippen molar-refractivity contribution in [2.45, 2.75) is 24.9 Å². The van der Waals surface area contributed by atoms with Crippen LogP contribution in [0.5, 0.6) is 0 Å². The molecule has 2 amide bonds. The number of aliphatic carboxylic acids is 1. The first-order valence-corrected chi connectivity index (χ1v) is 8.34. The van der Waals surface area contributed by atoms with Gasteiger partial charge >= 0.3 is 5.97 Å². The molecule has 1 aromatic rings. The van der Waals surface area contributed by atoms with E-state index in [1.54, 1.807) is 28.7 Å². The van der Waals surface area contributed by atoms with E-state index in [1.165, 1.54) is 23.6 Å². The number of nitrogens with one attached hydrogen (secondary N) is 1. The molecule has 1 fully saturated rings. The summed E-state index contributed by atoms with van der Waals surface area (Å²) in [7, 11) is 1.76. The van der Waals surface area contributed by atoms with Crippen molar-refractivity contribution in [3.63, 3.8) is 0 Å². The summed E-state index contributed by atoms with van der Waals surface area (Å²) in [4.78, 5) is 36.0. The zero-order chi connectivity index (χ0) is 17.6. The molecule has 3 rings (SSSR count). The minimum atomic E-state index is -1.13. The standard InChI is InChI=1S/C14H17N5O4S/c1-7(20)16-9-3-4-18(17(9)2)5-8-6-24-13-10(15)12(21)19(13)11(8)14(22)23/h3-4,10,13H,5-6,15H2,1-2H3,(H,22,23)/p+1/t10-,13-/m1/s1. The van der Waals surface area contributed by atoms with E-state index in [9.17, 15) is 19.5 Å². The number of thioether (sulfide) groups is 1. The van der Waals surface area contributed by atoms with E-state index >= 15 is 0 Å². The van der Waals surface area contributed by atoms with Crippen molar-refractivity contribution in [1.82, 2.24) is 9.58 Å². The highest BCUT2D eigenvalue weighted by Gasteiger charge is 2.52. The molecule has 1 aromatic heterocycles. The van der Waals surface area contributed by atoms with Crippen molar-refractivity contribution in [3.05, 3.63) is 23.5 Å². The van der Waals surface area contributed by atoms with Gasteiger partial charge in [-0.3, -0.25) is 14.5 Å². The number of hydrogen-bond acceptors (Lipinski definition) is 5. The second-order valence-corrected chi connectivity index (χ2v) is 6.80. The van der Waals surface area contributed by atoms with Crippen molar-refractivity contribution in [1.29, 1.82) is 0 Å². The summed E-state index contributed by atoms with van der Waals surface area (Å²) in [6.45, 7) is 1.72. The number of carboxylic acids is 1. The molecular weight excluding hydrogens is 334 g/mol. The molecule has 0 bridgehead atoms. The Bertz CT molecular complexity index is 771. The normalized spacial score (nSPS) is 23.0. The number of nitrogens with zero attached hydrogens (tertiary/aromatic N) is 3. The van der Waals surface area contributed by atoms with Gasteiger partial charge in [-0.2, -0.15) is 0 Å². The van der Waals surface area contributed by atoms with Crippen LogP contribution in [-0.2, 0) is 28.0 Å². The molecule has 0 radical (unpaired) electrons. The average molecular weight is 352 g/mol. The van der Waals surface area contributed by atoms with Crippen LogP contribution in [0, 0.1) is 0 Å². The summed E-state index contributed by atoms with van der Waals surface area (Å²) in [5.41, 5.74) is 6.38. The minimum Gasteiger partial charge on any atom is -0.477 e. The number of nitrogens with two attached hydrogens (primary N) is 1. The van der Waals surface area contributed by atoms with Crippen LogP contribution in [0.25, 0.3) is 0 Å². The molecule has 2 atom stereocenters. The highest BCUT2D eigenvalue weighted by Crippen LogP contribution is 2.39. The maximum Gasteiger partial charge on any atom is 0.352 e. The van der Waals surface area contributed by atoms with Gasteiger partial charge in [-0.25, -0.2) is 4.79 Å². The molecular formula is C14H18N5O4S+. The number of fused-ring (bicyclic) bond motifs is 1. The van der Waals surface area contributed by atoms with E-state index in [2.05, 4.69) is 5.32 Å². The zero-order valence-electron chi connectivity index (χ0n) is 13.2. The number of carbonyl (C=O) groups is 3. The summed E-state index contributed by atoms with van der Waals surface area (Å²) in [6, 6.07) is 1.09. The molecule has 128 valence electrons. The summed E-state index contributed by atoms with van der Waals surface area (Å²) in [5.74, 6) is -0.601. The van der Waals surface area contributed by atoms with Crippen molar-refractivity contribution in [2.75, 3.05) is 11.1 Å². The molecule has 9 nitrogen and oxygen atoms in total. The van der Waals surface area contributed by atoms with Gasteiger partial charge in [-0.05, 0) is 0 Å². The smallest absolute Gasteiger partial charge is 0.352 e. The largest absolute Gasteiger partial charge is 0.477 e. The Morgan fingerprint density at radius 3 is 2.88 bits per heavy atom. The highest BCUT2D eigenvalue weighted by atomic mass is 32.2. The van der Waals surface area contributed by atoms with Gasteiger partial charge < -0.3 is 16.2 Å². The van der Waals surface area contributed by atoms with E-state index in [0.717, 1.165) is 0 Å². The first-order chi connectivity index (χ1) is 11.3. The molecule has 0 unspecified atom stereocenters. The molecule has 2 aliphatic rings. The Balaban J connectivity index is 1.91. The van der Waals surface area contributed by atoms with Crippen molar-refractivity contribution in [3.8, 4) is 0 Å². The molecule has 1 saturated heterocycles. The van der Waals surface area contributed by atoms with E-state index in [1.807, 2.05) is 0 Å². The molecule has 24 heavy (non-hydrogen) atoms. The lowest BCUT2D eigenvalue weighted by atomic mass is 10.0. The molecule has 3 heterocycles. The van der Waals surface area contributed by atoms with Gasteiger partial charge in [0.2, 0.25) is 11.8 Å². The fraction of sp³-hybridized carbons (Fsp3) is 0.429. The second-order valence-electron chi connectivity index (χ2n) is 5.70. The number of β-lactam (4-membered cyclic amide) rings is 1.